The summed E-state index contributed by atoms with van der Waals surface area (Å²) in [6.07, 6.45) is 5.97. The Hall–Kier alpha value is -1.50. The number of carbonyl (C=O) groups excluding carboxylic acids is 1. The van der Waals surface area contributed by atoms with Gasteiger partial charge in [-0.05, 0) is 30.9 Å². The van der Waals surface area contributed by atoms with Crippen LogP contribution in [0.1, 0.15) is 23.2 Å². The topological polar surface area (TPSA) is 63.7 Å². The van der Waals surface area contributed by atoms with Gasteiger partial charge >= 0.3 is 0 Å². The van der Waals surface area contributed by atoms with Gasteiger partial charge in [0.05, 0.1) is 18.3 Å². The van der Waals surface area contributed by atoms with Gasteiger partial charge in [-0.25, -0.2) is 0 Å². The van der Waals surface area contributed by atoms with Crippen LogP contribution in [-0.4, -0.2) is 67.9 Å². The van der Waals surface area contributed by atoms with Crippen molar-refractivity contribution in [1.29, 1.82) is 0 Å². The predicted molar refractivity (Wildman–Crippen MR) is 93.3 cm³/mol. The lowest BCUT2D eigenvalue weighted by Crippen LogP contribution is -2.35. The molecule has 3 atom stereocenters. The third-order valence-corrected chi connectivity index (χ3v) is 5.82. The fraction of sp³-hybridized carbons (Fsp3) is 0.684. The summed E-state index contributed by atoms with van der Waals surface area (Å²) in [6.45, 7) is 6.54. The van der Waals surface area contributed by atoms with Gasteiger partial charge in [-0.3, -0.25) is 9.78 Å². The van der Waals surface area contributed by atoms with Crippen molar-refractivity contribution in [3.05, 3.63) is 30.1 Å². The van der Waals surface area contributed by atoms with Gasteiger partial charge in [0.1, 0.15) is 0 Å². The molecule has 4 heterocycles. The first-order chi connectivity index (χ1) is 12.3. The lowest BCUT2D eigenvalue weighted by atomic mass is 9.93. The Balaban J connectivity index is 1.26. The minimum atomic E-state index is -0.0476. The molecule has 1 amide bonds. The minimum Gasteiger partial charge on any atom is -0.381 e. The van der Waals surface area contributed by atoms with Crippen molar-refractivity contribution < 1.29 is 14.3 Å². The van der Waals surface area contributed by atoms with E-state index in [1.165, 1.54) is 12.8 Å². The first-order valence-corrected chi connectivity index (χ1v) is 9.39. The van der Waals surface area contributed by atoms with Crippen LogP contribution in [0.4, 0.5) is 0 Å². The highest BCUT2D eigenvalue weighted by Crippen LogP contribution is 2.34. The normalized spacial score (nSPS) is 30.3. The van der Waals surface area contributed by atoms with Gasteiger partial charge < -0.3 is 19.7 Å². The van der Waals surface area contributed by atoms with Crippen molar-refractivity contribution in [3.63, 3.8) is 0 Å². The van der Waals surface area contributed by atoms with Gasteiger partial charge in [-0.15, -0.1) is 0 Å². The van der Waals surface area contributed by atoms with Gasteiger partial charge in [0, 0.05) is 63.6 Å². The Morgan fingerprint density at radius 3 is 3.00 bits per heavy atom. The second-order valence-corrected chi connectivity index (χ2v) is 7.52. The number of hydrogen-bond donors (Lipinski definition) is 1. The van der Waals surface area contributed by atoms with Gasteiger partial charge in [-0.1, -0.05) is 0 Å². The molecule has 0 spiro atoms. The molecule has 3 aliphatic rings. The summed E-state index contributed by atoms with van der Waals surface area (Å²) < 4.78 is 11.5. The summed E-state index contributed by atoms with van der Waals surface area (Å²) in [5.41, 5.74) is 0.616. The van der Waals surface area contributed by atoms with E-state index in [9.17, 15) is 4.79 Å². The standard InChI is InChI=1S/C19H27N3O3/c23-19(15-2-1-5-20-8-15)21-9-16-13-25-18-12-22(11-17(16)18)10-14-3-6-24-7-4-14/h1-2,5,8,14,16-18H,3-4,6-7,9-13H2,(H,21,23)/t16-,17+,18+/m1/s1. The maximum atomic E-state index is 12.2. The second-order valence-electron chi connectivity index (χ2n) is 7.52. The van der Waals surface area contributed by atoms with E-state index < -0.39 is 0 Å². The van der Waals surface area contributed by atoms with Gasteiger partial charge in [0.2, 0.25) is 0 Å². The number of likely N-dealkylation sites (tertiary alicyclic amines) is 1. The molecule has 4 rings (SSSR count). The molecule has 25 heavy (non-hydrogen) atoms. The number of nitrogens with one attached hydrogen (secondary N) is 1. The Bertz CT molecular complexity index is 577. The fourth-order valence-corrected chi connectivity index (χ4v) is 4.36. The lowest BCUT2D eigenvalue weighted by Gasteiger charge is -2.27. The zero-order chi connectivity index (χ0) is 17.1. The van der Waals surface area contributed by atoms with E-state index >= 15 is 0 Å². The largest absolute Gasteiger partial charge is 0.381 e. The summed E-state index contributed by atoms with van der Waals surface area (Å²) in [4.78, 5) is 18.8. The number of hydrogen-bond acceptors (Lipinski definition) is 5. The van der Waals surface area contributed by atoms with Crippen LogP contribution in [0, 0.1) is 17.8 Å². The van der Waals surface area contributed by atoms with Crippen LogP contribution in [0.3, 0.4) is 0 Å². The van der Waals surface area contributed by atoms with Gasteiger partial charge in [0.25, 0.3) is 5.91 Å². The Kier molecular flexibility index (Phi) is 5.29. The number of nitrogens with zero attached hydrogens (tertiary/aromatic N) is 2. The van der Waals surface area contributed by atoms with Crippen LogP contribution in [0.15, 0.2) is 24.5 Å². The van der Waals surface area contributed by atoms with Crippen LogP contribution in [0.25, 0.3) is 0 Å². The molecule has 0 unspecified atom stereocenters. The first kappa shape index (κ1) is 16.9. The van der Waals surface area contributed by atoms with Crippen molar-refractivity contribution in [2.45, 2.75) is 18.9 Å². The average molecular weight is 345 g/mol. The van der Waals surface area contributed by atoms with E-state index in [1.54, 1.807) is 24.5 Å². The number of pyridine rings is 1. The van der Waals surface area contributed by atoms with E-state index in [-0.39, 0.29) is 5.91 Å². The monoisotopic (exact) mass is 345 g/mol. The lowest BCUT2D eigenvalue weighted by molar-refractivity contribution is 0.0487. The molecular weight excluding hydrogens is 318 g/mol. The van der Waals surface area contributed by atoms with Crippen LogP contribution in [-0.2, 0) is 9.47 Å². The van der Waals surface area contributed by atoms with E-state index in [4.69, 9.17) is 9.47 Å². The Morgan fingerprint density at radius 1 is 1.32 bits per heavy atom. The third kappa shape index (κ3) is 4.02. The first-order valence-electron chi connectivity index (χ1n) is 9.39. The Labute approximate surface area is 148 Å². The molecule has 1 aromatic rings. The minimum absolute atomic E-state index is 0.0476. The molecule has 1 N–H and O–H groups in total. The van der Waals surface area contributed by atoms with Crippen molar-refractivity contribution in [1.82, 2.24) is 15.2 Å². The number of carbonyl (C=O) groups is 1. The van der Waals surface area contributed by atoms with Crippen LogP contribution >= 0.6 is 0 Å². The zero-order valence-corrected chi connectivity index (χ0v) is 14.6. The molecule has 0 saturated carbocycles. The average Bonchev–Trinajstić information content (AvgIpc) is 3.22. The highest BCUT2D eigenvalue weighted by atomic mass is 16.5. The fourth-order valence-electron chi connectivity index (χ4n) is 4.36. The molecule has 6 heteroatoms. The second kappa shape index (κ2) is 7.81. The molecule has 3 aliphatic heterocycles. The van der Waals surface area contributed by atoms with Crippen LogP contribution in [0.2, 0.25) is 0 Å². The number of fused-ring (bicyclic) bond motifs is 1. The summed E-state index contributed by atoms with van der Waals surface area (Å²) in [5.74, 6) is 1.66. The highest BCUT2D eigenvalue weighted by Gasteiger charge is 2.44. The molecule has 3 saturated heterocycles. The van der Waals surface area contributed by atoms with Crippen LogP contribution < -0.4 is 5.32 Å². The molecule has 1 aromatic heterocycles. The number of ether oxygens (including phenoxy) is 2. The van der Waals surface area contributed by atoms with Crippen molar-refractivity contribution in [2.75, 3.05) is 46.0 Å². The summed E-state index contributed by atoms with van der Waals surface area (Å²) >= 11 is 0. The Morgan fingerprint density at radius 2 is 2.20 bits per heavy atom. The van der Waals surface area contributed by atoms with Crippen molar-refractivity contribution >= 4 is 5.91 Å². The number of rotatable bonds is 5. The van der Waals surface area contributed by atoms with E-state index in [1.807, 2.05) is 0 Å². The van der Waals surface area contributed by atoms with E-state index in [0.29, 0.717) is 30.0 Å². The molecule has 0 bridgehead atoms. The molecular formula is C19H27N3O3. The van der Waals surface area contributed by atoms with Gasteiger partial charge in [-0.2, -0.15) is 0 Å². The number of aromatic nitrogens is 1. The third-order valence-electron chi connectivity index (χ3n) is 5.82. The van der Waals surface area contributed by atoms with Gasteiger partial charge in [0.15, 0.2) is 0 Å². The summed E-state index contributed by atoms with van der Waals surface area (Å²) in [7, 11) is 0. The van der Waals surface area contributed by atoms with Crippen molar-refractivity contribution in [3.8, 4) is 0 Å². The summed E-state index contributed by atoms with van der Waals surface area (Å²) in [5, 5.41) is 3.06. The maximum absolute atomic E-state index is 12.2. The highest BCUT2D eigenvalue weighted by molar-refractivity contribution is 5.93. The molecule has 0 aliphatic carbocycles. The predicted octanol–water partition coefficient (Wildman–Crippen LogP) is 1.18. The summed E-state index contributed by atoms with van der Waals surface area (Å²) in [6, 6.07) is 3.58. The van der Waals surface area contributed by atoms with E-state index in [0.717, 1.165) is 45.4 Å². The smallest absolute Gasteiger partial charge is 0.252 e. The zero-order valence-electron chi connectivity index (χ0n) is 14.6. The number of amides is 1. The van der Waals surface area contributed by atoms with Crippen molar-refractivity contribution in [2.24, 2.45) is 17.8 Å². The quantitative estimate of drug-likeness (QED) is 0.868. The SMILES string of the molecule is O=C(NC[C@@H]1CO[C@H]2CN(CC3CCOCC3)C[C@@H]12)c1cccnc1. The molecule has 6 nitrogen and oxygen atoms in total. The molecule has 0 aromatic carbocycles. The maximum Gasteiger partial charge on any atom is 0.252 e. The van der Waals surface area contributed by atoms with Crippen LogP contribution in [0.5, 0.6) is 0 Å². The van der Waals surface area contributed by atoms with E-state index in [2.05, 4.69) is 15.2 Å². The molecule has 136 valence electrons. The molecule has 3 fully saturated rings. The molecule has 0 radical (unpaired) electrons.